The predicted octanol–water partition coefficient (Wildman–Crippen LogP) is 3.83. The van der Waals surface area contributed by atoms with Gasteiger partial charge in [0.15, 0.2) is 5.75 Å². The number of thioether (sulfide) groups is 1. The van der Waals surface area contributed by atoms with Crippen molar-refractivity contribution < 1.29 is 13.2 Å². The first-order chi connectivity index (χ1) is 9.98. The molecule has 0 heterocycles. The lowest BCUT2D eigenvalue weighted by molar-refractivity contribution is 0.484. The summed E-state index contributed by atoms with van der Waals surface area (Å²) < 4.78 is 31.2. The fraction of sp³-hybridized carbons (Fsp3) is 0.143. The molecular formula is C14H15NO3S3. The van der Waals surface area contributed by atoms with Crippen LogP contribution >= 0.6 is 24.4 Å². The van der Waals surface area contributed by atoms with Crippen LogP contribution in [0.25, 0.3) is 0 Å². The summed E-state index contributed by atoms with van der Waals surface area (Å²) in [4.78, 5) is 0.913. The molecule has 0 saturated heterocycles. The average molecular weight is 341 g/mol. The second kappa shape index (κ2) is 7.11. The topological polar surface area (TPSA) is 55.4 Å². The Kier molecular flexibility index (Phi) is 5.44. The number of anilines is 1. The normalized spacial score (nSPS) is 11.1. The van der Waals surface area contributed by atoms with E-state index in [2.05, 4.69) is 17.4 Å². The van der Waals surface area contributed by atoms with Crippen molar-refractivity contribution in [2.24, 2.45) is 0 Å². The first kappa shape index (κ1) is 16.1. The smallest absolute Gasteiger partial charge is 0.229 e. The average Bonchev–Trinajstić information content (AvgIpc) is 2.41. The zero-order valence-electron chi connectivity index (χ0n) is 11.3. The first-order valence-corrected chi connectivity index (χ1v) is 9.57. The molecule has 1 N–H and O–H groups in total. The fourth-order valence-electron chi connectivity index (χ4n) is 1.66. The van der Waals surface area contributed by atoms with Gasteiger partial charge in [0.25, 0.3) is 0 Å². The molecule has 112 valence electrons. The molecule has 0 spiro atoms. The van der Waals surface area contributed by atoms with Crippen molar-refractivity contribution >= 4 is 40.1 Å². The SMILES string of the molecule is CS(=O)(=O)Nc1cc(SCS)ccc1Oc1ccccc1. The molecule has 2 aromatic rings. The summed E-state index contributed by atoms with van der Waals surface area (Å²) in [7, 11) is -3.38. The Morgan fingerprint density at radius 1 is 1.19 bits per heavy atom. The Labute approximate surface area is 134 Å². The molecule has 0 radical (unpaired) electrons. The van der Waals surface area contributed by atoms with Crippen LogP contribution in [0.5, 0.6) is 11.5 Å². The Balaban J connectivity index is 2.34. The lowest BCUT2D eigenvalue weighted by atomic mass is 10.3. The maximum atomic E-state index is 11.5. The molecule has 0 aliphatic carbocycles. The number of rotatable bonds is 6. The van der Waals surface area contributed by atoms with Crippen LogP contribution in [-0.4, -0.2) is 19.8 Å². The predicted molar refractivity (Wildman–Crippen MR) is 91.1 cm³/mol. The molecule has 21 heavy (non-hydrogen) atoms. The molecular weight excluding hydrogens is 326 g/mol. The summed E-state index contributed by atoms with van der Waals surface area (Å²) in [5.41, 5.74) is 0.410. The van der Waals surface area contributed by atoms with Gasteiger partial charge in [-0.05, 0) is 30.3 Å². The van der Waals surface area contributed by atoms with Gasteiger partial charge in [0.2, 0.25) is 10.0 Å². The zero-order chi connectivity index (χ0) is 15.3. The Morgan fingerprint density at radius 2 is 1.90 bits per heavy atom. The lowest BCUT2D eigenvalue weighted by Crippen LogP contribution is -2.10. The van der Waals surface area contributed by atoms with Crippen molar-refractivity contribution in [1.82, 2.24) is 0 Å². The third-order valence-corrected chi connectivity index (χ3v) is 4.14. The number of ether oxygens (including phenoxy) is 1. The van der Waals surface area contributed by atoms with Gasteiger partial charge in [-0.2, -0.15) is 12.6 Å². The number of benzene rings is 2. The van der Waals surface area contributed by atoms with Crippen molar-refractivity contribution in [2.45, 2.75) is 4.90 Å². The van der Waals surface area contributed by atoms with Crippen LogP contribution in [-0.2, 0) is 10.0 Å². The van der Waals surface area contributed by atoms with Crippen LogP contribution in [0.3, 0.4) is 0 Å². The maximum absolute atomic E-state index is 11.5. The van der Waals surface area contributed by atoms with Gasteiger partial charge in [-0.3, -0.25) is 4.72 Å². The monoisotopic (exact) mass is 341 g/mol. The largest absolute Gasteiger partial charge is 0.455 e. The summed E-state index contributed by atoms with van der Waals surface area (Å²) in [5.74, 6) is 1.10. The number of hydrogen-bond acceptors (Lipinski definition) is 5. The Bertz CT molecular complexity index is 703. The molecule has 0 aromatic heterocycles. The molecule has 7 heteroatoms. The second-order valence-electron chi connectivity index (χ2n) is 4.22. The fourth-order valence-corrected chi connectivity index (χ4v) is 3.18. The van der Waals surface area contributed by atoms with Crippen LogP contribution in [0, 0.1) is 0 Å². The van der Waals surface area contributed by atoms with Crippen molar-refractivity contribution in [3.63, 3.8) is 0 Å². The van der Waals surface area contributed by atoms with E-state index in [-0.39, 0.29) is 0 Å². The summed E-state index contributed by atoms with van der Waals surface area (Å²) in [6.07, 6.45) is 1.11. The van der Waals surface area contributed by atoms with Gasteiger partial charge < -0.3 is 4.74 Å². The van der Waals surface area contributed by atoms with E-state index in [1.165, 1.54) is 11.8 Å². The van der Waals surface area contributed by atoms with E-state index in [0.717, 1.165) is 11.2 Å². The van der Waals surface area contributed by atoms with Gasteiger partial charge in [0.1, 0.15) is 5.75 Å². The third-order valence-electron chi connectivity index (χ3n) is 2.45. The van der Waals surface area contributed by atoms with E-state index in [1.807, 2.05) is 24.3 Å². The van der Waals surface area contributed by atoms with Crippen molar-refractivity contribution in [3.8, 4) is 11.5 Å². The van der Waals surface area contributed by atoms with Crippen LogP contribution in [0.1, 0.15) is 0 Å². The van der Waals surface area contributed by atoms with E-state index < -0.39 is 10.0 Å². The highest BCUT2D eigenvalue weighted by Gasteiger charge is 2.11. The minimum absolute atomic E-state index is 0.410. The van der Waals surface area contributed by atoms with Gasteiger partial charge in [-0.15, -0.1) is 11.8 Å². The van der Waals surface area contributed by atoms with Gasteiger partial charge in [0, 0.05) is 9.98 Å². The quantitative estimate of drug-likeness (QED) is 0.476. The summed E-state index contributed by atoms with van der Waals surface area (Å²) in [6, 6.07) is 14.5. The van der Waals surface area contributed by atoms with Gasteiger partial charge in [-0.25, -0.2) is 8.42 Å². The number of nitrogens with one attached hydrogen (secondary N) is 1. The molecule has 0 bridgehead atoms. The second-order valence-corrected chi connectivity index (χ2v) is 7.76. The molecule has 0 fully saturated rings. The molecule has 0 aliphatic heterocycles. The standard InChI is InChI=1S/C14H15NO3S3/c1-21(16,17)15-13-9-12(20-10-19)7-8-14(13)18-11-5-3-2-4-6-11/h2-9,15,19H,10H2,1H3. The summed E-state index contributed by atoms with van der Waals surface area (Å²) >= 11 is 5.66. The minimum atomic E-state index is -3.38. The van der Waals surface area contributed by atoms with Crippen LogP contribution in [0.4, 0.5) is 5.69 Å². The van der Waals surface area contributed by atoms with E-state index in [0.29, 0.717) is 22.3 Å². The lowest BCUT2D eigenvalue weighted by Gasteiger charge is -2.13. The first-order valence-electron chi connectivity index (χ1n) is 6.06. The molecule has 0 unspecified atom stereocenters. The molecule has 4 nitrogen and oxygen atoms in total. The van der Waals surface area contributed by atoms with Crippen LogP contribution in [0.15, 0.2) is 53.4 Å². The van der Waals surface area contributed by atoms with Gasteiger partial charge >= 0.3 is 0 Å². The van der Waals surface area contributed by atoms with Crippen LogP contribution in [0.2, 0.25) is 0 Å². The van der Waals surface area contributed by atoms with Crippen molar-refractivity contribution in [3.05, 3.63) is 48.5 Å². The summed E-state index contributed by atoms with van der Waals surface area (Å²) in [6.45, 7) is 0. The van der Waals surface area contributed by atoms with E-state index in [1.54, 1.807) is 24.3 Å². The number of sulfonamides is 1. The number of para-hydroxylation sites is 1. The Morgan fingerprint density at radius 3 is 2.52 bits per heavy atom. The highest BCUT2D eigenvalue weighted by Crippen LogP contribution is 2.34. The molecule has 0 atom stereocenters. The minimum Gasteiger partial charge on any atom is -0.455 e. The van der Waals surface area contributed by atoms with Gasteiger partial charge in [-0.1, -0.05) is 18.2 Å². The van der Waals surface area contributed by atoms with E-state index in [4.69, 9.17) is 4.74 Å². The number of hydrogen-bond donors (Lipinski definition) is 2. The molecule has 2 rings (SSSR count). The maximum Gasteiger partial charge on any atom is 0.229 e. The summed E-state index contributed by atoms with van der Waals surface area (Å²) in [5, 5.41) is 0.608. The van der Waals surface area contributed by atoms with E-state index in [9.17, 15) is 8.42 Å². The molecule has 0 amide bonds. The highest BCUT2D eigenvalue weighted by atomic mass is 32.2. The highest BCUT2D eigenvalue weighted by molar-refractivity contribution is 8.09. The molecule has 2 aromatic carbocycles. The Hall–Kier alpha value is -1.31. The van der Waals surface area contributed by atoms with Crippen LogP contribution < -0.4 is 9.46 Å². The third kappa shape index (κ3) is 5.18. The van der Waals surface area contributed by atoms with Crippen molar-refractivity contribution in [1.29, 1.82) is 0 Å². The molecule has 0 aliphatic rings. The zero-order valence-corrected chi connectivity index (χ0v) is 13.8. The number of thiol groups is 1. The van der Waals surface area contributed by atoms with E-state index >= 15 is 0 Å². The van der Waals surface area contributed by atoms with Gasteiger partial charge in [0.05, 0.1) is 11.9 Å². The molecule has 0 saturated carbocycles. The van der Waals surface area contributed by atoms with Crippen molar-refractivity contribution in [2.75, 3.05) is 16.1 Å².